The minimum Gasteiger partial charge on any atom is -0.382 e. The highest BCUT2D eigenvalue weighted by atomic mass is 35.5. The van der Waals surface area contributed by atoms with Crippen LogP contribution in [0.25, 0.3) is 0 Å². The van der Waals surface area contributed by atoms with Gasteiger partial charge in [0.2, 0.25) is 0 Å². The Kier molecular flexibility index (Phi) is 5.22. The molecule has 0 aliphatic carbocycles. The lowest BCUT2D eigenvalue weighted by atomic mass is 9.98. The van der Waals surface area contributed by atoms with Crippen LogP contribution in [0.3, 0.4) is 0 Å². The van der Waals surface area contributed by atoms with Gasteiger partial charge < -0.3 is 10.2 Å². The summed E-state index contributed by atoms with van der Waals surface area (Å²) in [7, 11) is 2.15. The lowest BCUT2D eigenvalue weighted by Gasteiger charge is -2.30. The molecular formula is C20H23ClN2O. The zero-order valence-corrected chi connectivity index (χ0v) is 14.9. The van der Waals surface area contributed by atoms with E-state index in [1.54, 1.807) is 12.1 Å². The molecule has 0 atom stereocenters. The fraction of sp³-hybridized carbons (Fsp3) is 0.350. The molecule has 126 valence electrons. The first kappa shape index (κ1) is 17.0. The number of aryl methyl sites for hydroxylation is 1. The van der Waals surface area contributed by atoms with E-state index in [0.717, 1.165) is 37.2 Å². The number of nitrogens with one attached hydrogen (secondary N) is 1. The quantitative estimate of drug-likeness (QED) is 0.836. The Labute approximate surface area is 148 Å². The molecule has 24 heavy (non-hydrogen) atoms. The Bertz CT molecular complexity index is 736. The van der Waals surface area contributed by atoms with Gasteiger partial charge in [-0.15, -0.1) is 0 Å². The third-order valence-electron chi connectivity index (χ3n) is 4.62. The number of nitrogens with zero attached hydrogens (tertiary/aromatic N) is 1. The second kappa shape index (κ2) is 7.37. The Balaban J connectivity index is 1.88. The molecule has 0 radical (unpaired) electrons. The van der Waals surface area contributed by atoms with E-state index in [2.05, 4.69) is 17.3 Å². The van der Waals surface area contributed by atoms with E-state index in [-0.39, 0.29) is 5.78 Å². The number of hydrogen-bond donors (Lipinski definition) is 1. The van der Waals surface area contributed by atoms with Crippen LogP contribution in [0.1, 0.15) is 34.3 Å². The summed E-state index contributed by atoms with van der Waals surface area (Å²) >= 11 is 6.22. The first-order valence-corrected chi connectivity index (χ1v) is 8.77. The van der Waals surface area contributed by atoms with E-state index in [9.17, 15) is 4.79 Å². The number of carbonyl (C=O) groups is 1. The lowest BCUT2D eigenvalue weighted by Crippen LogP contribution is -2.37. The van der Waals surface area contributed by atoms with Crippen molar-refractivity contribution in [2.45, 2.75) is 25.8 Å². The summed E-state index contributed by atoms with van der Waals surface area (Å²) in [5.74, 6) is -0.0280. The predicted molar refractivity (Wildman–Crippen MR) is 100 cm³/mol. The summed E-state index contributed by atoms with van der Waals surface area (Å²) < 4.78 is 0. The van der Waals surface area contributed by atoms with E-state index >= 15 is 0 Å². The molecule has 2 aromatic carbocycles. The van der Waals surface area contributed by atoms with Crippen LogP contribution < -0.4 is 5.32 Å². The Morgan fingerprint density at radius 3 is 2.54 bits per heavy atom. The summed E-state index contributed by atoms with van der Waals surface area (Å²) in [6.45, 7) is 4.16. The maximum absolute atomic E-state index is 13.0. The Morgan fingerprint density at radius 2 is 1.83 bits per heavy atom. The van der Waals surface area contributed by atoms with Crippen molar-refractivity contribution in [3.05, 3.63) is 64.2 Å². The largest absolute Gasteiger partial charge is 0.382 e. The first-order valence-electron chi connectivity index (χ1n) is 8.39. The average Bonchev–Trinajstić information content (AvgIpc) is 2.58. The maximum atomic E-state index is 13.0. The molecule has 1 N–H and O–H groups in total. The van der Waals surface area contributed by atoms with Gasteiger partial charge in [-0.2, -0.15) is 0 Å². The van der Waals surface area contributed by atoms with Crippen LogP contribution in [0.2, 0.25) is 5.02 Å². The number of piperidine rings is 1. The van der Waals surface area contributed by atoms with Crippen molar-refractivity contribution in [1.29, 1.82) is 0 Å². The molecule has 0 aromatic heterocycles. The van der Waals surface area contributed by atoms with Crippen LogP contribution in [-0.2, 0) is 0 Å². The molecule has 0 amide bonds. The van der Waals surface area contributed by atoms with Gasteiger partial charge in [0, 0.05) is 22.9 Å². The van der Waals surface area contributed by atoms with Crippen LogP contribution in [-0.4, -0.2) is 36.9 Å². The molecule has 3 nitrogen and oxygen atoms in total. The minimum absolute atomic E-state index is 0.0280. The van der Waals surface area contributed by atoms with Gasteiger partial charge in [0.1, 0.15) is 0 Å². The molecule has 0 saturated carbocycles. The number of rotatable bonds is 4. The summed E-state index contributed by atoms with van der Waals surface area (Å²) in [4.78, 5) is 15.3. The SMILES string of the molecule is Cc1ccc(NC2CCN(C)CC2)c(C(=O)c2ccccc2Cl)c1. The second-order valence-electron chi connectivity index (χ2n) is 6.58. The highest BCUT2D eigenvalue weighted by Crippen LogP contribution is 2.26. The number of ketones is 1. The van der Waals surface area contributed by atoms with Crippen molar-refractivity contribution in [2.24, 2.45) is 0 Å². The van der Waals surface area contributed by atoms with E-state index in [0.29, 0.717) is 22.2 Å². The van der Waals surface area contributed by atoms with Gasteiger partial charge in [0.15, 0.2) is 5.78 Å². The van der Waals surface area contributed by atoms with E-state index < -0.39 is 0 Å². The monoisotopic (exact) mass is 342 g/mol. The maximum Gasteiger partial charge on any atom is 0.196 e. The number of carbonyl (C=O) groups excluding carboxylic acids is 1. The van der Waals surface area contributed by atoms with Crippen LogP contribution in [0, 0.1) is 6.92 Å². The minimum atomic E-state index is -0.0280. The van der Waals surface area contributed by atoms with E-state index in [1.807, 2.05) is 37.3 Å². The van der Waals surface area contributed by atoms with Crippen molar-refractivity contribution < 1.29 is 4.79 Å². The van der Waals surface area contributed by atoms with Crippen molar-refractivity contribution in [3.8, 4) is 0 Å². The zero-order valence-electron chi connectivity index (χ0n) is 14.2. The number of hydrogen-bond acceptors (Lipinski definition) is 3. The molecule has 0 unspecified atom stereocenters. The summed E-state index contributed by atoms with van der Waals surface area (Å²) in [6, 6.07) is 13.6. The molecule has 1 fully saturated rings. The van der Waals surface area contributed by atoms with Gasteiger partial charge in [0.25, 0.3) is 0 Å². The number of halogens is 1. The fourth-order valence-corrected chi connectivity index (χ4v) is 3.36. The molecule has 1 saturated heterocycles. The third-order valence-corrected chi connectivity index (χ3v) is 4.95. The summed E-state index contributed by atoms with van der Waals surface area (Å²) in [5, 5.41) is 4.07. The van der Waals surface area contributed by atoms with E-state index in [1.165, 1.54) is 0 Å². The summed E-state index contributed by atoms with van der Waals surface area (Å²) in [6.07, 6.45) is 2.17. The van der Waals surface area contributed by atoms with Gasteiger partial charge >= 0.3 is 0 Å². The Morgan fingerprint density at radius 1 is 1.12 bits per heavy atom. The number of benzene rings is 2. The summed E-state index contributed by atoms with van der Waals surface area (Å²) in [5.41, 5.74) is 3.22. The van der Waals surface area contributed by atoms with Crippen LogP contribution in [0.15, 0.2) is 42.5 Å². The topological polar surface area (TPSA) is 32.3 Å². The molecule has 2 aromatic rings. The fourth-order valence-electron chi connectivity index (χ4n) is 3.14. The van der Waals surface area contributed by atoms with Gasteiger partial charge in [-0.05, 0) is 64.2 Å². The molecule has 1 aliphatic rings. The molecule has 1 aliphatic heterocycles. The van der Waals surface area contributed by atoms with Gasteiger partial charge in [0.05, 0.1) is 5.02 Å². The third kappa shape index (κ3) is 3.80. The standard InChI is InChI=1S/C20H23ClN2O/c1-14-7-8-19(22-15-9-11-23(2)12-10-15)17(13-14)20(24)16-5-3-4-6-18(16)21/h3-8,13,15,22H,9-12H2,1-2H3. The van der Waals surface area contributed by atoms with Crippen molar-refractivity contribution in [1.82, 2.24) is 4.90 Å². The van der Waals surface area contributed by atoms with Crippen molar-refractivity contribution in [2.75, 3.05) is 25.5 Å². The molecule has 1 heterocycles. The Hall–Kier alpha value is -1.84. The second-order valence-corrected chi connectivity index (χ2v) is 6.99. The van der Waals surface area contributed by atoms with Crippen molar-refractivity contribution >= 4 is 23.1 Å². The van der Waals surface area contributed by atoms with Crippen LogP contribution in [0.5, 0.6) is 0 Å². The van der Waals surface area contributed by atoms with E-state index in [4.69, 9.17) is 11.6 Å². The first-order chi connectivity index (χ1) is 11.5. The number of likely N-dealkylation sites (tertiary alicyclic amines) is 1. The molecule has 0 spiro atoms. The average molecular weight is 343 g/mol. The van der Waals surface area contributed by atoms with Gasteiger partial charge in [-0.25, -0.2) is 0 Å². The van der Waals surface area contributed by atoms with Crippen LogP contribution >= 0.6 is 11.6 Å². The van der Waals surface area contributed by atoms with Crippen LogP contribution in [0.4, 0.5) is 5.69 Å². The smallest absolute Gasteiger partial charge is 0.196 e. The molecule has 0 bridgehead atoms. The molecular weight excluding hydrogens is 320 g/mol. The van der Waals surface area contributed by atoms with Gasteiger partial charge in [-0.1, -0.05) is 35.4 Å². The zero-order chi connectivity index (χ0) is 17.1. The highest BCUT2D eigenvalue weighted by molar-refractivity contribution is 6.35. The van der Waals surface area contributed by atoms with Crippen molar-refractivity contribution in [3.63, 3.8) is 0 Å². The molecule has 4 heteroatoms. The normalized spacial score (nSPS) is 16.1. The predicted octanol–water partition coefficient (Wildman–Crippen LogP) is 4.39. The number of anilines is 1. The highest BCUT2D eigenvalue weighted by Gasteiger charge is 2.20. The molecule has 3 rings (SSSR count). The lowest BCUT2D eigenvalue weighted by molar-refractivity contribution is 0.103. The van der Waals surface area contributed by atoms with Gasteiger partial charge in [-0.3, -0.25) is 4.79 Å².